The summed E-state index contributed by atoms with van der Waals surface area (Å²) in [6.45, 7) is 0.868. The van der Waals surface area contributed by atoms with Gasteiger partial charge in [-0.3, -0.25) is 0 Å². The molecule has 7 N–H and O–H groups in total. The number of hydrogen-bond acceptors (Lipinski definition) is 4. The van der Waals surface area contributed by atoms with Crippen LogP contribution in [0.25, 0.3) is 0 Å². The highest BCUT2D eigenvalue weighted by Crippen LogP contribution is 1.68. The predicted molar refractivity (Wildman–Crippen MR) is 51.2 cm³/mol. The second kappa shape index (κ2) is 9.34. The van der Waals surface area contributed by atoms with E-state index in [-0.39, 0.29) is 5.17 Å². The van der Waals surface area contributed by atoms with Gasteiger partial charge in [-0.25, -0.2) is 0 Å². The Hall–Kier alpha value is -0.660. The highest BCUT2D eigenvalue weighted by Gasteiger charge is 1.81. The lowest BCUT2D eigenvalue weighted by atomic mass is 10.7. The fourth-order valence-corrected chi connectivity index (χ4v) is 0.243. The van der Waals surface area contributed by atoms with Crippen LogP contribution in [0, 0.1) is 0 Å². The molecule has 0 saturated carbocycles. The van der Waals surface area contributed by atoms with Crippen LogP contribution in [-0.4, -0.2) is 28.6 Å². The maximum Gasteiger partial charge on any atom is 0.253 e. The first-order valence-electron chi connectivity index (χ1n) is 2.61. The third kappa shape index (κ3) is 45.1. The Morgan fingerprint density at radius 3 is 1.82 bits per heavy atom. The Balaban J connectivity index is 0. The molecule has 0 unspecified atom stereocenters. The summed E-state index contributed by atoms with van der Waals surface area (Å²) >= 11 is 8.23. The largest absolute Gasteiger partial charge is 0.487 e. The number of thiocarbonyl (C=S) groups is 2. The number of nitrogens with two attached hydrogens (primary N) is 3. The van der Waals surface area contributed by atoms with E-state index in [1.807, 2.05) is 0 Å². The molecule has 0 fully saturated rings. The first kappa shape index (κ1) is 13.0. The second-order valence-corrected chi connectivity index (χ2v) is 2.12. The number of ether oxygens (including phenoxy) is 1. The predicted octanol–water partition coefficient (Wildman–Crippen LogP) is -1.01. The highest BCUT2D eigenvalue weighted by molar-refractivity contribution is 7.80. The zero-order valence-corrected chi connectivity index (χ0v) is 7.45. The molecule has 0 heterocycles. The van der Waals surface area contributed by atoms with Crippen molar-refractivity contribution in [1.82, 2.24) is 0 Å². The molecule has 0 aromatic carbocycles. The maximum atomic E-state index is 7.56. The molecule has 0 aliphatic carbocycles. The zero-order valence-electron chi connectivity index (χ0n) is 5.82. The summed E-state index contributed by atoms with van der Waals surface area (Å²) in [5.41, 5.74) is 14.4. The van der Waals surface area contributed by atoms with Crippen LogP contribution in [0.2, 0.25) is 0 Å². The summed E-state index contributed by atoms with van der Waals surface area (Å²) in [7, 11) is 0. The van der Waals surface area contributed by atoms with Gasteiger partial charge in [0.2, 0.25) is 0 Å². The quantitative estimate of drug-likeness (QED) is 0.420. The molecule has 7 heteroatoms. The van der Waals surface area contributed by atoms with E-state index < -0.39 is 5.17 Å². The van der Waals surface area contributed by atoms with Gasteiger partial charge in [0.25, 0.3) is 10.3 Å². The van der Waals surface area contributed by atoms with Gasteiger partial charge in [0, 0.05) is 6.54 Å². The summed E-state index contributed by atoms with van der Waals surface area (Å²) in [4.78, 5) is 0. The molecule has 66 valence electrons. The topological polar surface area (TPSA) is 108 Å². The van der Waals surface area contributed by atoms with Gasteiger partial charge in [-0.15, -0.1) is 0 Å². The number of aliphatic hydroxyl groups is 1. The van der Waals surface area contributed by atoms with Crippen molar-refractivity contribution < 1.29 is 9.84 Å². The van der Waals surface area contributed by atoms with Crippen LogP contribution in [-0.2, 0) is 4.74 Å². The van der Waals surface area contributed by atoms with Crippen molar-refractivity contribution in [2.45, 2.75) is 0 Å². The van der Waals surface area contributed by atoms with Gasteiger partial charge in [-0.2, -0.15) is 0 Å². The van der Waals surface area contributed by atoms with E-state index in [0.29, 0.717) is 13.2 Å². The summed E-state index contributed by atoms with van der Waals surface area (Å²) in [5.74, 6) is 0. The van der Waals surface area contributed by atoms with Crippen LogP contribution < -0.4 is 17.2 Å². The van der Waals surface area contributed by atoms with Crippen LogP contribution in [0.5, 0.6) is 0 Å². The average molecular weight is 197 g/mol. The lowest BCUT2D eigenvalue weighted by molar-refractivity contribution is 0.319. The first-order valence-corrected chi connectivity index (χ1v) is 3.43. The van der Waals surface area contributed by atoms with E-state index in [9.17, 15) is 0 Å². The van der Waals surface area contributed by atoms with Gasteiger partial charge < -0.3 is 27.0 Å². The van der Waals surface area contributed by atoms with E-state index >= 15 is 0 Å². The van der Waals surface area contributed by atoms with Gasteiger partial charge in [0.05, 0.1) is 0 Å². The van der Waals surface area contributed by atoms with Gasteiger partial charge >= 0.3 is 0 Å². The Morgan fingerprint density at radius 1 is 1.36 bits per heavy atom. The molecule has 0 spiro atoms. The van der Waals surface area contributed by atoms with E-state index in [4.69, 9.17) is 16.6 Å². The third-order valence-corrected chi connectivity index (χ3v) is 0.480. The van der Waals surface area contributed by atoms with Crippen molar-refractivity contribution >= 4 is 34.8 Å². The van der Waals surface area contributed by atoms with Crippen LogP contribution in [0.3, 0.4) is 0 Å². The van der Waals surface area contributed by atoms with Gasteiger partial charge in [0.15, 0.2) is 0 Å². The van der Waals surface area contributed by atoms with E-state index in [1.165, 1.54) is 0 Å². The number of rotatable bonds is 2. The normalized spacial score (nSPS) is 7.36. The lowest BCUT2D eigenvalue weighted by Crippen LogP contribution is -2.17. The molecule has 0 aromatic heterocycles. The minimum atomic E-state index is -0.500. The van der Waals surface area contributed by atoms with Crippen LogP contribution in [0.1, 0.15) is 0 Å². The molecule has 0 atom stereocenters. The van der Waals surface area contributed by atoms with Crippen LogP contribution in [0.4, 0.5) is 0 Å². The number of aliphatic hydroxyl groups excluding tert-OH is 1. The smallest absolute Gasteiger partial charge is 0.253 e. The van der Waals surface area contributed by atoms with Crippen molar-refractivity contribution in [3.63, 3.8) is 0 Å². The molecule has 0 bridgehead atoms. The fourth-order valence-electron chi connectivity index (χ4n) is 0.160. The monoisotopic (exact) mass is 197 g/mol. The maximum absolute atomic E-state index is 7.56. The molecule has 0 aliphatic rings. The second-order valence-electron chi connectivity index (χ2n) is 1.29. The molecule has 0 saturated heterocycles. The molecular formula is C4H11N3O2S2. The van der Waals surface area contributed by atoms with Crippen molar-refractivity contribution in [1.29, 1.82) is 0 Å². The Morgan fingerprint density at radius 2 is 1.73 bits per heavy atom. The molecule has 0 aliphatic heterocycles. The molecule has 0 amide bonds. The lowest BCUT2D eigenvalue weighted by Gasteiger charge is -1.96. The molecular weight excluding hydrogens is 186 g/mol. The summed E-state index contributed by atoms with van der Waals surface area (Å²) in [6.07, 6.45) is 0. The van der Waals surface area contributed by atoms with Gasteiger partial charge in [-0.05, 0) is 24.4 Å². The Kier molecular flexibility index (Phi) is 11.0. The minimum Gasteiger partial charge on any atom is -0.487 e. The molecule has 0 radical (unpaired) electrons. The standard InChI is InChI=1S/C3H8N2OS.CH3NOS/c4-1-2-6-3(5)7;2-1(3)4/h1-2,4H2,(H2,5,7);(H3,2,3,4). The van der Waals surface area contributed by atoms with E-state index in [2.05, 4.69) is 34.9 Å². The summed E-state index contributed by atoms with van der Waals surface area (Å²) in [6, 6.07) is 0. The van der Waals surface area contributed by atoms with Crippen LogP contribution in [0.15, 0.2) is 0 Å². The van der Waals surface area contributed by atoms with Gasteiger partial charge in [-0.1, -0.05) is 0 Å². The van der Waals surface area contributed by atoms with Crippen molar-refractivity contribution in [3.8, 4) is 0 Å². The van der Waals surface area contributed by atoms with Gasteiger partial charge in [0.1, 0.15) is 6.61 Å². The van der Waals surface area contributed by atoms with Crippen molar-refractivity contribution in [2.75, 3.05) is 13.2 Å². The van der Waals surface area contributed by atoms with Crippen molar-refractivity contribution in [3.05, 3.63) is 0 Å². The molecule has 5 nitrogen and oxygen atoms in total. The molecule has 0 rings (SSSR count). The zero-order chi connectivity index (χ0) is 9.28. The SMILES string of the molecule is NC(O)=S.NCCOC(N)=S. The first-order chi connectivity index (χ1) is 5.00. The van der Waals surface area contributed by atoms with Crippen LogP contribution >= 0.6 is 24.4 Å². The minimum absolute atomic E-state index is 0.0606. The average Bonchev–Trinajstić information content (AvgIpc) is 1.82. The van der Waals surface area contributed by atoms with E-state index in [0.717, 1.165) is 0 Å². The molecule has 0 aromatic rings. The summed E-state index contributed by atoms with van der Waals surface area (Å²) < 4.78 is 4.58. The number of hydrogen-bond donors (Lipinski definition) is 4. The Bertz CT molecular complexity index is 127. The third-order valence-electron chi connectivity index (χ3n) is 0.362. The fraction of sp³-hybridized carbons (Fsp3) is 0.500. The highest BCUT2D eigenvalue weighted by atomic mass is 32.1. The summed E-state index contributed by atoms with van der Waals surface area (Å²) in [5, 5.41) is 7.13. The van der Waals surface area contributed by atoms with E-state index in [1.54, 1.807) is 0 Å². The van der Waals surface area contributed by atoms with Crippen molar-refractivity contribution in [2.24, 2.45) is 17.2 Å². The Labute approximate surface area is 75.5 Å². The molecule has 11 heavy (non-hydrogen) atoms.